The van der Waals surface area contributed by atoms with E-state index in [1.165, 1.54) is 11.3 Å². The molecule has 0 aromatic carbocycles. The van der Waals surface area contributed by atoms with Crippen LogP contribution in [0.1, 0.15) is 21.8 Å². The number of thiophene rings is 1. The smallest absolute Gasteiger partial charge is 0.263 e. The summed E-state index contributed by atoms with van der Waals surface area (Å²) in [5, 5.41) is 7.58. The highest BCUT2D eigenvalue weighted by atomic mass is 32.2. The van der Waals surface area contributed by atoms with Gasteiger partial charge in [0.2, 0.25) is 0 Å². The lowest BCUT2D eigenvalue weighted by Gasteiger charge is -2.09. The SMILES string of the molecule is Cc1nc(-c2ccsc2)sc1C(=O)NC1CCS(=O)(=O)C1. The molecule has 1 unspecified atom stereocenters. The largest absolute Gasteiger partial charge is 0.347 e. The van der Waals surface area contributed by atoms with Crippen molar-refractivity contribution in [1.82, 2.24) is 10.3 Å². The third kappa shape index (κ3) is 3.17. The fourth-order valence-corrected chi connectivity index (χ4v) is 5.63. The van der Waals surface area contributed by atoms with Gasteiger partial charge in [0.15, 0.2) is 9.84 Å². The molecule has 3 rings (SSSR count). The lowest BCUT2D eigenvalue weighted by atomic mass is 10.2. The van der Waals surface area contributed by atoms with Crippen molar-refractivity contribution >= 4 is 38.4 Å². The van der Waals surface area contributed by atoms with Gasteiger partial charge in [-0.15, -0.1) is 11.3 Å². The maximum Gasteiger partial charge on any atom is 0.263 e. The monoisotopic (exact) mass is 342 g/mol. The van der Waals surface area contributed by atoms with Gasteiger partial charge in [-0.25, -0.2) is 13.4 Å². The number of aryl methyl sites for hydroxylation is 1. The van der Waals surface area contributed by atoms with E-state index in [1.54, 1.807) is 18.3 Å². The maximum atomic E-state index is 12.3. The van der Waals surface area contributed by atoms with Gasteiger partial charge in [0.1, 0.15) is 9.88 Å². The Bertz CT molecular complexity index is 763. The summed E-state index contributed by atoms with van der Waals surface area (Å²) in [6, 6.07) is 1.68. The molecule has 0 spiro atoms. The highest BCUT2D eigenvalue weighted by Crippen LogP contribution is 2.29. The van der Waals surface area contributed by atoms with E-state index in [9.17, 15) is 13.2 Å². The Morgan fingerprint density at radius 3 is 2.90 bits per heavy atom. The first-order valence-electron chi connectivity index (χ1n) is 6.46. The zero-order valence-electron chi connectivity index (χ0n) is 11.3. The van der Waals surface area contributed by atoms with Crippen molar-refractivity contribution in [3.05, 3.63) is 27.4 Å². The van der Waals surface area contributed by atoms with E-state index < -0.39 is 9.84 Å². The summed E-state index contributed by atoms with van der Waals surface area (Å²) < 4.78 is 22.9. The number of nitrogens with zero attached hydrogens (tertiary/aromatic N) is 1. The topological polar surface area (TPSA) is 76.1 Å². The van der Waals surface area contributed by atoms with Crippen LogP contribution in [0, 0.1) is 6.92 Å². The molecule has 1 amide bonds. The normalized spacial score (nSPS) is 20.5. The summed E-state index contributed by atoms with van der Waals surface area (Å²) in [5.41, 5.74) is 1.69. The molecule has 5 nitrogen and oxygen atoms in total. The average Bonchev–Trinajstić information content (AvgIpc) is 3.09. The van der Waals surface area contributed by atoms with E-state index in [0.717, 1.165) is 10.6 Å². The molecule has 2 aromatic heterocycles. The first-order valence-corrected chi connectivity index (χ1v) is 10.0. The predicted octanol–water partition coefficient (Wildman–Crippen LogP) is 2.10. The van der Waals surface area contributed by atoms with Crippen LogP contribution < -0.4 is 5.32 Å². The van der Waals surface area contributed by atoms with Crippen LogP contribution in [0.25, 0.3) is 10.6 Å². The molecular weight excluding hydrogens is 328 g/mol. The first kappa shape index (κ1) is 14.7. The third-order valence-corrected chi connectivity index (χ3v) is 7.00. The van der Waals surface area contributed by atoms with E-state index in [0.29, 0.717) is 17.0 Å². The van der Waals surface area contributed by atoms with E-state index in [4.69, 9.17) is 0 Å². The molecule has 1 aliphatic heterocycles. The lowest BCUT2D eigenvalue weighted by molar-refractivity contribution is 0.0944. The van der Waals surface area contributed by atoms with Gasteiger partial charge in [0.05, 0.1) is 17.2 Å². The minimum Gasteiger partial charge on any atom is -0.347 e. The van der Waals surface area contributed by atoms with Gasteiger partial charge in [0, 0.05) is 17.0 Å². The molecule has 0 radical (unpaired) electrons. The Labute approximate surface area is 131 Å². The van der Waals surface area contributed by atoms with E-state index in [1.807, 2.05) is 16.8 Å². The van der Waals surface area contributed by atoms with Gasteiger partial charge in [0.25, 0.3) is 5.91 Å². The van der Waals surface area contributed by atoms with Crippen molar-refractivity contribution < 1.29 is 13.2 Å². The van der Waals surface area contributed by atoms with Gasteiger partial charge in [-0.3, -0.25) is 4.79 Å². The molecule has 112 valence electrons. The van der Waals surface area contributed by atoms with Crippen molar-refractivity contribution in [3.63, 3.8) is 0 Å². The standard InChI is InChI=1S/C13H14N2O3S3/c1-8-11(20-13(14-8)9-2-4-19-6-9)12(16)15-10-3-5-21(17,18)7-10/h2,4,6,10H,3,5,7H2,1H3,(H,15,16). The highest BCUT2D eigenvalue weighted by molar-refractivity contribution is 7.91. The van der Waals surface area contributed by atoms with Crippen molar-refractivity contribution in [1.29, 1.82) is 0 Å². The molecule has 2 aromatic rings. The van der Waals surface area contributed by atoms with Crippen molar-refractivity contribution in [2.75, 3.05) is 11.5 Å². The molecular formula is C13H14N2O3S3. The van der Waals surface area contributed by atoms with Crippen LogP contribution in [0.3, 0.4) is 0 Å². The van der Waals surface area contributed by atoms with Crippen molar-refractivity contribution in [2.24, 2.45) is 0 Å². The van der Waals surface area contributed by atoms with Crippen LogP contribution in [0.5, 0.6) is 0 Å². The number of thiazole rings is 1. The average molecular weight is 342 g/mol. The van der Waals surface area contributed by atoms with Gasteiger partial charge in [-0.05, 0) is 24.8 Å². The second-order valence-electron chi connectivity index (χ2n) is 5.02. The summed E-state index contributed by atoms with van der Waals surface area (Å²) >= 11 is 2.93. The highest BCUT2D eigenvalue weighted by Gasteiger charge is 2.30. The van der Waals surface area contributed by atoms with Gasteiger partial charge in [-0.1, -0.05) is 0 Å². The van der Waals surface area contributed by atoms with Gasteiger partial charge >= 0.3 is 0 Å². The molecule has 0 aliphatic carbocycles. The van der Waals surface area contributed by atoms with Crippen LogP contribution in [-0.2, 0) is 9.84 Å². The summed E-state index contributed by atoms with van der Waals surface area (Å²) in [4.78, 5) is 17.3. The number of hydrogen-bond donors (Lipinski definition) is 1. The van der Waals surface area contributed by atoms with E-state index in [-0.39, 0.29) is 23.5 Å². The second-order valence-corrected chi connectivity index (χ2v) is 9.03. The number of sulfone groups is 1. The maximum absolute atomic E-state index is 12.3. The van der Waals surface area contributed by atoms with E-state index in [2.05, 4.69) is 10.3 Å². The molecule has 0 bridgehead atoms. The van der Waals surface area contributed by atoms with Gasteiger partial charge in [-0.2, -0.15) is 11.3 Å². The molecule has 0 saturated carbocycles. The summed E-state index contributed by atoms with van der Waals surface area (Å²) in [7, 11) is -2.99. The Balaban J connectivity index is 1.76. The zero-order chi connectivity index (χ0) is 15.0. The fourth-order valence-electron chi connectivity index (χ4n) is 2.28. The van der Waals surface area contributed by atoms with Crippen LogP contribution >= 0.6 is 22.7 Å². The number of nitrogens with one attached hydrogen (secondary N) is 1. The van der Waals surface area contributed by atoms with Gasteiger partial charge < -0.3 is 5.32 Å². The Morgan fingerprint density at radius 2 is 2.29 bits per heavy atom. The molecule has 3 heterocycles. The molecule has 1 fully saturated rings. The molecule has 8 heteroatoms. The van der Waals surface area contributed by atoms with Crippen molar-refractivity contribution in [3.8, 4) is 10.6 Å². The number of carbonyl (C=O) groups excluding carboxylic acids is 1. The van der Waals surface area contributed by atoms with E-state index >= 15 is 0 Å². The fraction of sp³-hybridized carbons (Fsp3) is 0.385. The quantitative estimate of drug-likeness (QED) is 0.927. The Kier molecular flexibility index (Phi) is 3.85. The number of amides is 1. The number of carbonyl (C=O) groups is 1. The summed E-state index contributed by atoms with van der Waals surface area (Å²) in [6.07, 6.45) is 0.489. The predicted molar refractivity (Wildman–Crippen MR) is 84.7 cm³/mol. The minimum atomic E-state index is -2.99. The Morgan fingerprint density at radius 1 is 1.48 bits per heavy atom. The van der Waals surface area contributed by atoms with Crippen molar-refractivity contribution in [2.45, 2.75) is 19.4 Å². The second kappa shape index (κ2) is 5.51. The molecule has 21 heavy (non-hydrogen) atoms. The zero-order valence-corrected chi connectivity index (χ0v) is 13.8. The van der Waals surface area contributed by atoms with Crippen LogP contribution in [0.2, 0.25) is 0 Å². The van der Waals surface area contributed by atoms with Crippen LogP contribution in [-0.4, -0.2) is 36.9 Å². The number of aromatic nitrogens is 1. The Hall–Kier alpha value is -1.25. The summed E-state index contributed by atoms with van der Waals surface area (Å²) in [6.45, 7) is 1.80. The summed E-state index contributed by atoms with van der Waals surface area (Å²) in [5.74, 6) is -0.0399. The minimum absolute atomic E-state index is 0.0357. The molecule has 1 N–H and O–H groups in total. The molecule has 1 aliphatic rings. The molecule has 1 atom stereocenters. The van der Waals surface area contributed by atoms with Crippen LogP contribution in [0.15, 0.2) is 16.8 Å². The third-order valence-electron chi connectivity index (χ3n) is 3.34. The first-order chi connectivity index (χ1) is 9.94. The number of hydrogen-bond acceptors (Lipinski definition) is 6. The molecule has 1 saturated heterocycles. The lowest BCUT2D eigenvalue weighted by Crippen LogP contribution is -2.35. The number of rotatable bonds is 3. The van der Waals surface area contributed by atoms with Crippen LogP contribution in [0.4, 0.5) is 0 Å².